The normalized spacial score (nSPS) is 13.4. The van der Waals surface area contributed by atoms with Crippen molar-refractivity contribution in [2.24, 2.45) is 0 Å². The highest BCUT2D eigenvalue weighted by Crippen LogP contribution is 2.41. The number of hydrogen-bond donors (Lipinski definition) is 0. The van der Waals surface area contributed by atoms with Crippen LogP contribution in [-0.2, 0) is 12.1 Å². The minimum Gasteiger partial charge on any atom is -0.186 e. The van der Waals surface area contributed by atoms with Gasteiger partial charge in [0.1, 0.15) is 8.07 Å². The van der Waals surface area contributed by atoms with Gasteiger partial charge in [0.25, 0.3) is 0 Å². The molecule has 0 atom stereocenters. The van der Waals surface area contributed by atoms with E-state index >= 15 is 0 Å². The summed E-state index contributed by atoms with van der Waals surface area (Å²) < 4.78 is 66.7. The Balaban J connectivity index is 3.30. The van der Waals surface area contributed by atoms with E-state index in [2.05, 4.69) is 11.5 Å². The summed E-state index contributed by atoms with van der Waals surface area (Å²) in [7, 11) is -2.33. The Labute approximate surface area is 147 Å². The van der Waals surface area contributed by atoms with Crippen molar-refractivity contribution in [3.8, 4) is 11.5 Å². The maximum atomic E-state index is 14.5. The molecule has 0 radical (unpaired) electrons. The van der Waals surface area contributed by atoms with Gasteiger partial charge in [0.15, 0.2) is 0 Å². The summed E-state index contributed by atoms with van der Waals surface area (Å²) in [6.07, 6.45) is -4.55. The maximum Gasteiger partial charge on any atom is 0.416 e. The van der Waals surface area contributed by atoms with E-state index in [1.165, 1.54) is 0 Å². The number of halogens is 5. The van der Waals surface area contributed by atoms with Gasteiger partial charge in [0.05, 0.1) is 5.56 Å². The van der Waals surface area contributed by atoms with Gasteiger partial charge < -0.3 is 0 Å². The molecule has 0 aliphatic heterocycles. The molecule has 0 aromatic heterocycles. The van der Waals surface area contributed by atoms with Gasteiger partial charge in [-0.15, -0.1) is 5.54 Å². The van der Waals surface area contributed by atoms with Crippen LogP contribution >= 0.6 is 0 Å². The highest BCUT2D eigenvalue weighted by atomic mass is 28.3. The van der Waals surface area contributed by atoms with Crippen LogP contribution in [0.15, 0.2) is 24.3 Å². The van der Waals surface area contributed by atoms with E-state index < -0.39 is 31.3 Å². The molecule has 0 N–H and O–H groups in total. The Kier molecular flexibility index (Phi) is 6.50. The summed E-state index contributed by atoms with van der Waals surface area (Å²) in [6, 6.07) is 2.95. The van der Waals surface area contributed by atoms with Crippen molar-refractivity contribution in [2.45, 2.75) is 70.3 Å². The predicted molar refractivity (Wildman–Crippen MR) is 94.2 cm³/mol. The average Bonchev–Trinajstić information content (AvgIpc) is 2.45. The van der Waals surface area contributed by atoms with Gasteiger partial charge in [-0.1, -0.05) is 53.7 Å². The lowest BCUT2D eigenvalue weighted by Crippen LogP contribution is -2.43. The second-order valence-corrected chi connectivity index (χ2v) is 12.9. The Morgan fingerprint density at radius 3 is 1.40 bits per heavy atom. The molecule has 0 fully saturated rings. The molecule has 0 unspecified atom stereocenters. The second kappa shape index (κ2) is 7.49. The van der Waals surface area contributed by atoms with E-state index in [0.29, 0.717) is 12.1 Å². The first-order valence-corrected chi connectivity index (χ1v) is 10.6. The molecular weight excluding hydrogens is 351 g/mol. The van der Waals surface area contributed by atoms with Crippen molar-refractivity contribution in [3.05, 3.63) is 35.4 Å². The van der Waals surface area contributed by atoms with Crippen LogP contribution in [0, 0.1) is 11.5 Å². The minimum atomic E-state index is -4.55. The molecule has 0 saturated heterocycles. The predicted octanol–water partition coefficient (Wildman–Crippen LogP) is 7.02. The summed E-state index contributed by atoms with van der Waals surface area (Å²) in [5.74, 6) is -1.36. The zero-order valence-corrected chi connectivity index (χ0v) is 16.4. The van der Waals surface area contributed by atoms with Crippen LogP contribution in [0.3, 0.4) is 0 Å². The van der Waals surface area contributed by atoms with Crippen molar-refractivity contribution in [1.82, 2.24) is 0 Å². The zero-order valence-electron chi connectivity index (χ0n) is 15.4. The van der Waals surface area contributed by atoms with Crippen LogP contribution in [0.2, 0.25) is 16.6 Å². The Morgan fingerprint density at radius 2 is 1.08 bits per heavy atom. The maximum absolute atomic E-state index is 14.5. The fraction of sp³-hybridized carbons (Fsp3) is 0.579. The molecule has 0 heterocycles. The minimum absolute atomic E-state index is 0.198. The zero-order chi connectivity index (χ0) is 19.6. The number of alkyl halides is 5. The largest absolute Gasteiger partial charge is 0.416 e. The van der Waals surface area contributed by atoms with Gasteiger partial charge >= 0.3 is 12.1 Å². The topological polar surface area (TPSA) is 0 Å². The first kappa shape index (κ1) is 21.7. The lowest BCUT2D eigenvalue weighted by atomic mass is 10.1. The highest BCUT2D eigenvalue weighted by molar-refractivity contribution is 6.90. The number of benzene rings is 1. The standard InChI is InChI=1S/C19H25F5Si/c1-13(2)25(14(3)4,15(5)6)12-11-18(20,21)16-7-9-17(10-8-16)19(22,23)24/h7-10,13-15H,1-6H3. The Morgan fingerprint density at radius 1 is 0.720 bits per heavy atom. The van der Waals surface area contributed by atoms with Crippen molar-refractivity contribution in [2.75, 3.05) is 0 Å². The van der Waals surface area contributed by atoms with Crippen molar-refractivity contribution < 1.29 is 22.0 Å². The molecule has 0 aliphatic rings. The van der Waals surface area contributed by atoms with Gasteiger partial charge in [-0.25, -0.2) is 0 Å². The second-order valence-electron chi connectivity index (χ2n) is 7.30. The van der Waals surface area contributed by atoms with Gasteiger partial charge in [-0.2, -0.15) is 22.0 Å². The summed E-state index contributed by atoms with van der Waals surface area (Å²) in [5, 5.41) is 0. The third kappa shape index (κ3) is 4.63. The molecule has 140 valence electrons. The van der Waals surface area contributed by atoms with E-state index in [0.717, 1.165) is 12.1 Å². The number of hydrogen-bond acceptors (Lipinski definition) is 0. The smallest absolute Gasteiger partial charge is 0.186 e. The van der Waals surface area contributed by atoms with Crippen molar-refractivity contribution in [1.29, 1.82) is 0 Å². The first-order valence-electron chi connectivity index (χ1n) is 8.35. The number of rotatable bonds is 4. The third-order valence-corrected chi connectivity index (χ3v) is 11.2. The Bertz CT molecular complexity index is 609. The molecule has 0 bridgehead atoms. The summed E-state index contributed by atoms with van der Waals surface area (Å²) in [5.41, 5.74) is 2.07. The van der Waals surface area contributed by atoms with Crippen LogP contribution in [0.25, 0.3) is 0 Å². The van der Waals surface area contributed by atoms with E-state index in [4.69, 9.17) is 0 Å². The van der Waals surface area contributed by atoms with Crippen molar-refractivity contribution in [3.63, 3.8) is 0 Å². The molecule has 0 aliphatic carbocycles. The van der Waals surface area contributed by atoms with Gasteiger partial charge in [0.2, 0.25) is 0 Å². The fourth-order valence-corrected chi connectivity index (χ4v) is 8.80. The third-order valence-electron chi connectivity index (χ3n) is 4.88. The van der Waals surface area contributed by atoms with Gasteiger partial charge in [0, 0.05) is 5.56 Å². The molecule has 6 heteroatoms. The van der Waals surface area contributed by atoms with Gasteiger partial charge in [-0.3, -0.25) is 0 Å². The summed E-state index contributed by atoms with van der Waals surface area (Å²) in [6.45, 7) is 12.1. The molecular formula is C19H25F5Si. The Hall–Kier alpha value is -1.35. The molecule has 0 amide bonds. The van der Waals surface area contributed by atoms with Crippen LogP contribution in [0.5, 0.6) is 0 Å². The van der Waals surface area contributed by atoms with E-state index in [1.807, 2.05) is 41.5 Å². The molecule has 0 spiro atoms. The van der Waals surface area contributed by atoms with Crippen LogP contribution in [0.4, 0.5) is 22.0 Å². The molecule has 0 saturated carbocycles. The lowest BCUT2D eigenvalue weighted by Gasteiger charge is -2.38. The molecule has 1 aromatic carbocycles. The van der Waals surface area contributed by atoms with Crippen LogP contribution in [-0.4, -0.2) is 8.07 Å². The quantitative estimate of drug-likeness (QED) is 0.301. The van der Waals surface area contributed by atoms with E-state index in [1.54, 1.807) is 0 Å². The SMILES string of the molecule is CC(C)[Si](C#CC(F)(F)c1ccc(C(F)(F)F)cc1)(C(C)C)C(C)C. The van der Waals surface area contributed by atoms with Crippen LogP contribution < -0.4 is 0 Å². The van der Waals surface area contributed by atoms with Gasteiger partial charge in [-0.05, 0) is 34.7 Å². The highest BCUT2D eigenvalue weighted by Gasteiger charge is 2.43. The molecule has 1 aromatic rings. The average molecular weight is 376 g/mol. The summed E-state index contributed by atoms with van der Waals surface area (Å²) >= 11 is 0. The monoisotopic (exact) mass is 376 g/mol. The lowest BCUT2D eigenvalue weighted by molar-refractivity contribution is -0.137. The summed E-state index contributed by atoms with van der Waals surface area (Å²) in [4.78, 5) is 0. The van der Waals surface area contributed by atoms with Crippen LogP contribution in [0.1, 0.15) is 52.7 Å². The molecule has 1 rings (SSSR count). The molecule has 0 nitrogen and oxygen atoms in total. The molecule has 25 heavy (non-hydrogen) atoms. The van der Waals surface area contributed by atoms with E-state index in [-0.39, 0.29) is 16.6 Å². The van der Waals surface area contributed by atoms with Crippen molar-refractivity contribution >= 4 is 8.07 Å². The first-order chi connectivity index (χ1) is 11.2. The van der Waals surface area contributed by atoms with E-state index in [9.17, 15) is 22.0 Å². The fourth-order valence-electron chi connectivity index (χ4n) is 3.56.